The van der Waals surface area contributed by atoms with Crippen LogP contribution in [0.1, 0.15) is 10.6 Å². The Morgan fingerprint density at radius 1 is 1.19 bits per heavy atom. The summed E-state index contributed by atoms with van der Waals surface area (Å²) in [5.41, 5.74) is 2.74. The van der Waals surface area contributed by atoms with Gasteiger partial charge in [0, 0.05) is 10.2 Å². The highest BCUT2D eigenvalue weighted by Crippen LogP contribution is 2.26. The zero-order valence-corrected chi connectivity index (χ0v) is 14.7. The molecule has 0 fully saturated rings. The van der Waals surface area contributed by atoms with Crippen LogP contribution in [0, 0.1) is 13.8 Å². The third-order valence-corrected chi connectivity index (χ3v) is 5.77. The van der Waals surface area contributed by atoms with Crippen molar-refractivity contribution in [3.05, 3.63) is 51.4 Å². The van der Waals surface area contributed by atoms with Crippen LogP contribution < -0.4 is 4.72 Å². The number of benzene rings is 2. The van der Waals surface area contributed by atoms with Crippen LogP contribution in [-0.2, 0) is 11.0 Å². The van der Waals surface area contributed by atoms with Crippen LogP contribution >= 0.6 is 27.3 Å². The highest BCUT2D eigenvalue weighted by molar-refractivity contribution is 9.10. The van der Waals surface area contributed by atoms with Gasteiger partial charge in [0.1, 0.15) is 0 Å². The number of halogens is 1. The number of hydrogen-bond donors (Lipinski definition) is 1. The van der Waals surface area contributed by atoms with Gasteiger partial charge >= 0.3 is 0 Å². The Morgan fingerprint density at radius 2 is 2.00 bits per heavy atom. The van der Waals surface area contributed by atoms with Crippen molar-refractivity contribution >= 4 is 54.2 Å². The van der Waals surface area contributed by atoms with Crippen molar-refractivity contribution in [3.8, 4) is 0 Å². The first-order chi connectivity index (χ1) is 10.0. The van der Waals surface area contributed by atoms with Crippen molar-refractivity contribution in [1.29, 1.82) is 0 Å². The molecule has 1 heterocycles. The summed E-state index contributed by atoms with van der Waals surface area (Å²) >= 11 is 5.08. The molecule has 1 N–H and O–H groups in total. The highest BCUT2D eigenvalue weighted by Gasteiger charge is 2.09. The zero-order valence-electron chi connectivity index (χ0n) is 11.5. The first-order valence-corrected chi connectivity index (χ1v) is 9.10. The van der Waals surface area contributed by atoms with Crippen molar-refractivity contribution < 1.29 is 4.21 Å². The summed E-state index contributed by atoms with van der Waals surface area (Å²) in [7, 11) is -1.29. The molecule has 0 radical (unpaired) electrons. The number of nitrogens with zero attached hydrogens (tertiary/aromatic N) is 1. The predicted molar refractivity (Wildman–Crippen MR) is 93.3 cm³/mol. The van der Waals surface area contributed by atoms with Gasteiger partial charge in [-0.2, -0.15) is 0 Å². The van der Waals surface area contributed by atoms with E-state index in [0.29, 0.717) is 0 Å². The van der Waals surface area contributed by atoms with Gasteiger partial charge in [-0.3, -0.25) is 0 Å². The summed E-state index contributed by atoms with van der Waals surface area (Å²) in [6, 6.07) is 11.6. The highest BCUT2D eigenvalue weighted by atomic mass is 79.9. The van der Waals surface area contributed by atoms with Crippen molar-refractivity contribution in [1.82, 2.24) is 4.98 Å². The molecule has 1 aromatic heterocycles. The molecule has 108 valence electrons. The van der Waals surface area contributed by atoms with E-state index in [1.165, 1.54) is 0 Å². The Labute approximate surface area is 138 Å². The fourth-order valence-electron chi connectivity index (χ4n) is 2.09. The number of thiazole rings is 1. The molecule has 6 heteroatoms. The number of rotatable bonds is 3. The average Bonchev–Trinajstić information content (AvgIpc) is 2.77. The molecule has 0 aliphatic rings. The van der Waals surface area contributed by atoms with E-state index in [1.807, 2.05) is 50.2 Å². The van der Waals surface area contributed by atoms with Gasteiger partial charge in [-0.25, -0.2) is 9.19 Å². The van der Waals surface area contributed by atoms with Crippen molar-refractivity contribution in [2.75, 3.05) is 4.72 Å². The summed E-state index contributed by atoms with van der Waals surface area (Å²) in [6.07, 6.45) is 0. The van der Waals surface area contributed by atoms with E-state index in [1.54, 1.807) is 11.3 Å². The number of nitrogens with one attached hydrogen (secondary N) is 1. The van der Waals surface area contributed by atoms with Crippen LogP contribution in [0.5, 0.6) is 0 Å². The first kappa shape index (κ1) is 14.7. The summed E-state index contributed by atoms with van der Waals surface area (Å²) in [5.74, 6) is 0. The monoisotopic (exact) mass is 380 g/mol. The van der Waals surface area contributed by atoms with E-state index in [2.05, 4.69) is 25.6 Å². The second-order valence-corrected chi connectivity index (χ2v) is 8.03. The Kier molecular flexibility index (Phi) is 4.10. The molecule has 3 aromatic rings. The van der Waals surface area contributed by atoms with Crippen molar-refractivity contribution in [2.45, 2.75) is 18.7 Å². The van der Waals surface area contributed by atoms with Gasteiger partial charge in [-0.15, -0.1) is 11.3 Å². The minimum Gasteiger partial charge on any atom is -0.301 e. The quantitative estimate of drug-likeness (QED) is 0.708. The maximum Gasteiger partial charge on any atom is 0.150 e. The van der Waals surface area contributed by atoms with E-state index in [0.717, 1.165) is 35.8 Å². The minimum atomic E-state index is -1.29. The standard InChI is InChI=1S/C15H13BrN2OS2/c1-9-7-11(16)3-6-15(9)21(19)18-12-4-5-14-13(8-12)17-10(2)20-14/h3-8,18H,1-2H3. The lowest BCUT2D eigenvalue weighted by molar-refractivity contribution is 0.686. The van der Waals surface area contributed by atoms with Crippen LogP contribution in [0.15, 0.2) is 45.8 Å². The normalized spacial score (nSPS) is 12.5. The second-order valence-electron chi connectivity index (χ2n) is 4.70. The topological polar surface area (TPSA) is 42.0 Å². The summed E-state index contributed by atoms with van der Waals surface area (Å²) in [6.45, 7) is 3.94. The number of anilines is 1. The lowest BCUT2D eigenvalue weighted by atomic mass is 10.2. The minimum absolute atomic E-state index is 0.785. The van der Waals surface area contributed by atoms with Gasteiger partial charge < -0.3 is 4.72 Å². The van der Waals surface area contributed by atoms with Crippen molar-refractivity contribution in [3.63, 3.8) is 0 Å². The summed E-state index contributed by atoms with van der Waals surface area (Å²) < 4.78 is 17.6. The van der Waals surface area contributed by atoms with Gasteiger partial charge in [-0.05, 0) is 55.8 Å². The third-order valence-electron chi connectivity index (χ3n) is 3.04. The smallest absolute Gasteiger partial charge is 0.150 e. The van der Waals surface area contributed by atoms with E-state index in [9.17, 15) is 4.21 Å². The molecule has 0 aliphatic carbocycles. The Balaban J connectivity index is 1.88. The van der Waals surface area contributed by atoms with Crippen LogP contribution in [0.4, 0.5) is 5.69 Å². The lowest BCUT2D eigenvalue weighted by Gasteiger charge is -2.09. The van der Waals surface area contributed by atoms with Gasteiger partial charge in [0.15, 0.2) is 11.0 Å². The molecule has 1 atom stereocenters. The fraction of sp³-hybridized carbons (Fsp3) is 0.133. The molecule has 0 aliphatic heterocycles. The number of aryl methyl sites for hydroxylation is 2. The van der Waals surface area contributed by atoms with Crippen molar-refractivity contribution in [2.24, 2.45) is 0 Å². The van der Waals surface area contributed by atoms with Crippen LogP contribution in [0.25, 0.3) is 10.2 Å². The maximum atomic E-state index is 12.5. The molecule has 0 saturated heterocycles. The van der Waals surface area contributed by atoms with E-state index < -0.39 is 11.0 Å². The summed E-state index contributed by atoms with van der Waals surface area (Å²) in [5, 5.41) is 1.03. The van der Waals surface area contributed by atoms with Crippen LogP contribution in [0.3, 0.4) is 0 Å². The molecule has 0 bridgehead atoms. The molecule has 3 nitrogen and oxygen atoms in total. The Hall–Kier alpha value is -1.24. The van der Waals surface area contributed by atoms with E-state index in [4.69, 9.17) is 0 Å². The van der Waals surface area contributed by atoms with Gasteiger partial charge in [-0.1, -0.05) is 15.9 Å². The lowest BCUT2D eigenvalue weighted by Crippen LogP contribution is -2.06. The first-order valence-electron chi connectivity index (χ1n) is 6.35. The molecular formula is C15H13BrN2OS2. The maximum absolute atomic E-state index is 12.5. The van der Waals surface area contributed by atoms with Gasteiger partial charge in [0.05, 0.1) is 20.1 Å². The molecular weight excluding hydrogens is 368 g/mol. The fourth-order valence-corrected chi connectivity index (χ4v) is 4.37. The third kappa shape index (κ3) is 3.17. The summed E-state index contributed by atoms with van der Waals surface area (Å²) in [4.78, 5) is 5.24. The van der Waals surface area contributed by atoms with E-state index in [-0.39, 0.29) is 0 Å². The molecule has 3 rings (SSSR count). The molecule has 0 saturated carbocycles. The number of fused-ring (bicyclic) bond motifs is 1. The molecule has 1 unspecified atom stereocenters. The largest absolute Gasteiger partial charge is 0.301 e. The Bertz CT molecular complexity index is 845. The van der Waals surface area contributed by atoms with Crippen LogP contribution in [-0.4, -0.2) is 9.19 Å². The zero-order chi connectivity index (χ0) is 15.0. The SMILES string of the molecule is Cc1nc2cc(NS(=O)c3ccc(Br)cc3C)ccc2s1. The van der Waals surface area contributed by atoms with Gasteiger partial charge in [0.2, 0.25) is 0 Å². The van der Waals surface area contributed by atoms with Crippen LogP contribution in [0.2, 0.25) is 0 Å². The second kappa shape index (κ2) is 5.87. The number of aromatic nitrogens is 1. The molecule has 21 heavy (non-hydrogen) atoms. The van der Waals surface area contributed by atoms with Gasteiger partial charge in [0.25, 0.3) is 0 Å². The molecule has 2 aromatic carbocycles. The predicted octanol–water partition coefficient (Wildman–Crippen LogP) is 4.81. The molecule has 0 spiro atoms. The Morgan fingerprint density at radius 3 is 2.76 bits per heavy atom. The number of hydrogen-bond acceptors (Lipinski definition) is 3. The molecule has 0 amide bonds. The average molecular weight is 381 g/mol. The van der Waals surface area contributed by atoms with E-state index >= 15 is 0 Å².